The number of carboxylic acids is 1. The van der Waals surface area contributed by atoms with Gasteiger partial charge in [0.25, 0.3) is 0 Å². The van der Waals surface area contributed by atoms with Crippen LogP contribution in [0.1, 0.15) is 37.0 Å². The van der Waals surface area contributed by atoms with Crippen LogP contribution in [-0.4, -0.2) is 41.7 Å². The van der Waals surface area contributed by atoms with Gasteiger partial charge < -0.3 is 15.3 Å². The Morgan fingerprint density at radius 3 is 2.75 bits per heavy atom. The average molecular weight is 276 g/mol. The number of carbonyl (C=O) groups is 1. The van der Waals surface area contributed by atoms with Crippen molar-refractivity contribution in [2.24, 2.45) is 5.92 Å². The molecule has 4 heteroatoms. The molecular formula is C16H24N2O2. The molecule has 2 unspecified atom stereocenters. The lowest BCUT2D eigenvalue weighted by molar-refractivity contribution is 0.0697. The molecular weight excluding hydrogens is 252 g/mol. The Morgan fingerprint density at radius 1 is 1.45 bits per heavy atom. The van der Waals surface area contributed by atoms with Gasteiger partial charge in [0.2, 0.25) is 0 Å². The lowest BCUT2D eigenvalue weighted by Gasteiger charge is -2.35. The molecule has 0 spiro atoms. The number of rotatable bonds is 5. The van der Waals surface area contributed by atoms with E-state index in [9.17, 15) is 4.79 Å². The van der Waals surface area contributed by atoms with E-state index in [2.05, 4.69) is 24.1 Å². The van der Waals surface area contributed by atoms with E-state index >= 15 is 0 Å². The summed E-state index contributed by atoms with van der Waals surface area (Å²) in [5.41, 5.74) is 1.33. The molecule has 1 heterocycles. The molecule has 1 saturated heterocycles. The van der Waals surface area contributed by atoms with Crippen LogP contribution in [0.3, 0.4) is 0 Å². The SMILES string of the molecule is CCN1CCCC(C(C)Nc2ccc(C(=O)O)cc2)C1. The maximum atomic E-state index is 10.8. The minimum atomic E-state index is -0.879. The van der Waals surface area contributed by atoms with E-state index in [0.717, 1.165) is 18.8 Å². The summed E-state index contributed by atoms with van der Waals surface area (Å²) < 4.78 is 0. The van der Waals surface area contributed by atoms with Crippen LogP contribution < -0.4 is 5.32 Å². The molecule has 20 heavy (non-hydrogen) atoms. The van der Waals surface area contributed by atoms with Gasteiger partial charge in [-0.1, -0.05) is 6.92 Å². The van der Waals surface area contributed by atoms with Gasteiger partial charge >= 0.3 is 5.97 Å². The van der Waals surface area contributed by atoms with Gasteiger partial charge in [0.1, 0.15) is 0 Å². The molecule has 110 valence electrons. The normalized spacial score (nSPS) is 21.4. The quantitative estimate of drug-likeness (QED) is 0.868. The zero-order valence-corrected chi connectivity index (χ0v) is 12.3. The Hall–Kier alpha value is -1.55. The topological polar surface area (TPSA) is 52.6 Å². The molecule has 0 radical (unpaired) electrons. The van der Waals surface area contributed by atoms with Crippen molar-refractivity contribution in [2.75, 3.05) is 25.0 Å². The summed E-state index contributed by atoms with van der Waals surface area (Å²) in [7, 11) is 0. The van der Waals surface area contributed by atoms with Crippen LogP contribution in [0.4, 0.5) is 5.69 Å². The highest BCUT2D eigenvalue weighted by Crippen LogP contribution is 2.22. The predicted octanol–water partition coefficient (Wildman–Crippen LogP) is 2.92. The third-order valence-electron chi connectivity index (χ3n) is 4.22. The van der Waals surface area contributed by atoms with Crippen molar-refractivity contribution in [3.8, 4) is 0 Å². The first-order chi connectivity index (χ1) is 9.60. The molecule has 1 aromatic rings. The lowest BCUT2D eigenvalue weighted by Crippen LogP contribution is -2.41. The number of carboxylic acid groups (broad SMARTS) is 1. The predicted molar refractivity (Wildman–Crippen MR) is 81.3 cm³/mol. The van der Waals surface area contributed by atoms with Crippen molar-refractivity contribution < 1.29 is 9.90 Å². The number of hydrogen-bond donors (Lipinski definition) is 2. The Kier molecular flexibility index (Phi) is 5.01. The lowest BCUT2D eigenvalue weighted by atomic mass is 9.91. The molecule has 2 rings (SSSR count). The van der Waals surface area contributed by atoms with Gasteiger partial charge in [-0.25, -0.2) is 4.79 Å². The largest absolute Gasteiger partial charge is 0.478 e. The van der Waals surface area contributed by atoms with Crippen LogP contribution in [0.5, 0.6) is 0 Å². The maximum Gasteiger partial charge on any atom is 0.335 e. The highest BCUT2D eigenvalue weighted by Gasteiger charge is 2.23. The van der Waals surface area contributed by atoms with Gasteiger partial charge in [0, 0.05) is 18.3 Å². The van der Waals surface area contributed by atoms with E-state index in [1.807, 2.05) is 12.1 Å². The number of benzene rings is 1. The van der Waals surface area contributed by atoms with E-state index in [0.29, 0.717) is 17.5 Å². The summed E-state index contributed by atoms with van der Waals surface area (Å²) in [6.45, 7) is 7.92. The third-order valence-corrected chi connectivity index (χ3v) is 4.22. The number of aromatic carboxylic acids is 1. The van der Waals surface area contributed by atoms with Gasteiger partial charge in [-0.15, -0.1) is 0 Å². The van der Waals surface area contributed by atoms with E-state index in [1.54, 1.807) is 12.1 Å². The Labute approximate surface area is 120 Å². The van der Waals surface area contributed by atoms with Crippen LogP contribution >= 0.6 is 0 Å². The fourth-order valence-electron chi connectivity index (χ4n) is 2.88. The molecule has 0 amide bonds. The fourth-order valence-corrected chi connectivity index (χ4v) is 2.88. The van der Waals surface area contributed by atoms with E-state index in [-0.39, 0.29) is 0 Å². The standard InChI is InChI=1S/C16H24N2O2/c1-3-18-10-4-5-14(11-18)12(2)17-15-8-6-13(7-9-15)16(19)20/h6-9,12,14,17H,3-5,10-11H2,1-2H3,(H,19,20). The van der Waals surface area contributed by atoms with Crippen molar-refractivity contribution >= 4 is 11.7 Å². The van der Waals surface area contributed by atoms with Gasteiger partial charge in [-0.3, -0.25) is 0 Å². The summed E-state index contributed by atoms with van der Waals surface area (Å²) in [4.78, 5) is 13.3. The molecule has 1 aromatic carbocycles. The van der Waals surface area contributed by atoms with Gasteiger partial charge in [0.15, 0.2) is 0 Å². The second-order valence-electron chi connectivity index (χ2n) is 5.61. The highest BCUT2D eigenvalue weighted by molar-refractivity contribution is 5.87. The molecule has 0 bridgehead atoms. The van der Waals surface area contributed by atoms with Crippen molar-refractivity contribution in [3.63, 3.8) is 0 Å². The first kappa shape index (κ1) is 14.9. The summed E-state index contributed by atoms with van der Waals surface area (Å²) >= 11 is 0. The summed E-state index contributed by atoms with van der Waals surface area (Å²) in [6, 6.07) is 7.40. The van der Waals surface area contributed by atoms with Crippen molar-refractivity contribution in [2.45, 2.75) is 32.7 Å². The van der Waals surface area contributed by atoms with Crippen LogP contribution in [0.2, 0.25) is 0 Å². The van der Waals surface area contributed by atoms with Crippen LogP contribution in [0.15, 0.2) is 24.3 Å². The van der Waals surface area contributed by atoms with Gasteiger partial charge in [-0.2, -0.15) is 0 Å². The smallest absolute Gasteiger partial charge is 0.335 e. The molecule has 1 fully saturated rings. The molecule has 2 N–H and O–H groups in total. The second kappa shape index (κ2) is 6.75. The third kappa shape index (κ3) is 3.73. The minimum absolute atomic E-state index is 0.332. The molecule has 4 nitrogen and oxygen atoms in total. The number of anilines is 1. The molecule has 1 aliphatic rings. The number of hydrogen-bond acceptors (Lipinski definition) is 3. The van der Waals surface area contributed by atoms with E-state index in [4.69, 9.17) is 5.11 Å². The second-order valence-corrected chi connectivity index (χ2v) is 5.61. The van der Waals surface area contributed by atoms with Crippen LogP contribution in [-0.2, 0) is 0 Å². The molecule has 0 aromatic heterocycles. The fraction of sp³-hybridized carbons (Fsp3) is 0.562. The highest BCUT2D eigenvalue weighted by atomic mass is 16.4. The minimum Gasteiger partial charge on any atom is -0.478 e. The summed E-state index contributed by atoms with van der Waals surface area (Å²) in [6.07, 6.45) is 2.53. The van der Waals surface area contributed by atoms with Crippen molar-refractivity contribution in [1.82, 2.24) is 4.90 Å². The first-order valence-electron chi connectivity index (χ1n) is 7.42. The van der Waals surface area contributed by atoms with E-state index < -0.39 is 5.97 Å². The monoisotopic (exact) mass is 276 g/mol. The first-order valence-corrected chi connectivity index (χ1v) is 7.42. The zero-order valence-electron chi connectivity index (χ0n) is 12.3. The van der Waals surface area contributed by atoms with Crippen LogP contribution in [0.25, 0.3) is 0 Å². The number of likely N-dealkylation sites (tertiary alicyclic amines) is 1. The van der Waals surface area contributed by atoms with Crippen molar-refractivity contribution in [1.29, 1.82) is 0 Å². The van der Waals surface area contributed by atoms with Gasteiger partial charge in [-0.05, 0) is 63.0 Å². The Balaban J connectivity index is 1.93. The molecule has 2 atom stereocenters. The van der Waals surface area contributed by atoms with Gasteiger partial charge in [0.05, 0.1) is 5.56 Å². The Morgan fingerprint density at radius 2 is 2.15 bits per heavy atom. The summed E-state index contributed by atoms with van der Waals surface area (Å²) in [5.74, 6) is -0.224. The average Bonchev–Trinajstić information content (AvgIpc) is 2.47. The Bertz CT molecular complexity index is 444. The molecule has 0 saturated carbocycles. The summed E-state index contributed by atoms with van der Waals surface area (Å²) in [5, 5.41) is 12.4. The molecule has 1 aliphatic heterocycles. The zero-order chi connectivity index (χ0) is 14.5. The number of piperidine rings is 1. The van der Waals surface area contributed by atoms with Crippen molar-refractivity contribution in [3.05, 3.63) is 29.8 Å². The molecule has 0 aliphatic carbocycles. The number of nitrogens with zero attached hydrogens (tertiary/aromatic N) is 1. The number of nitrogens with one attached hydrogen (secondary N) is 1. The van der Waals surface area contributed by atoms with Crippen LogP contribution in [0, 0.1) is 5.92 Å². The maximum absolute atomic E-state index is 10.8. The van der Waals surface area contributed by atoms with E-state index in [1.165, 1.54) is 19.4 Å².